The summed E-state index contributed by atoms with van der Waals surface area (Å²) >= 11 is 0. The molecule has 0 aliphatic rings. The number of hydrogen-bond donors (Lipinski definition) is 1. The van der Waals surface area contributed by atoms with Gasteiger partial charge >= 0.3 is 0 Å². The molecule has 0 saturated carbocycles. The molecule has 0 heterocycles. The molecule has 0 saturated heterocycles. The van der Waals surface area contributed by atoms with Crippen LogP contribution in [-0.2, 0) is 11.2 Å². The van der Waals surface area contributed by atoms with Crippen molar-refractivity contribution in [1.82, 2.24) is 5.32 Å². The van der Waals surface area contributed by atoms with E-state index in [0.29, 0.717) is 13.0 Å². The molecule has 3 aromatic carbocycles. The fourth-order valence-electron chi connectivity index (χ4n) is 3.01. The Bertz CT molecular complexity index is 729. The maximum Gasteiger partial charge on any atom is 0.220 e. The molecule has 0 bridgehead atoms. The monoisotopic (exact) mass is 329 g/mol. The Morgan fingerprint density at radius 1 is 0.720 bits per heavy atom. The van der Waals surface area contributed by atoms with E-state index >= 15 is 0 Å². The summed E-state index contributed by atoms with van der Waals surface area (Å²) in [6.07, 6.45) is 1.29. The van der Waals surface area contributed by atoms with Gasteiger partial charge in [0.25, 0.3) is 0 Å². The SMILES string of the molecule is O=C(CCc1ccccc1)NCC(c1ccccc1)c1ccccc1. The average molecular weight is 329 g/mol. The number of amides is 1. The first kappa shape index (κ1) is 17.0. The van der Waals surface area contributed by atoms with Crippen LogP contribution >= 0.6 is 0 Å². The highest BCUT2D eigenvalue weighted by atomic mass is 16.1. The van der Waals surface area contributed by atoms with Gasteiger partial charge < -0.3 is 5.32 Å². The molecular formula is C23H23NO. The standard InChI is InChI=1S/C23H23NO/c25-23(17-16-19-10-4-1-5-11-19)24-18-22(20-12-6-2-7-13-20)21-14-8-3-9-15-21/h1-15,22H,16-18H2,(H,24,25). The van der Waals surface area contributed by atoms with Crippen LogP contribution in [0.5, 0.6) is 0 Å². The van der Waals surface area contributed by atoms with Crippen LogP contribution in [0.2, 0.25) is 0 Å². The van der Waals surface area contributed by atoms with Gasteiger partial charge in [-0.25, -0.2) is 0 Å². The van der Waals surface area contributed by atoms with Crippen LogP contribution in [0.3, 0.4) is 0 Å². The molecule has 0 aliphatic carbocycles. The van der Waals surface area contributed by atoms with Gasteiger partial charge in [0.05, 0.1) is 0 Å². The third-order valence-electron chi connectivity index (χ3n) is 4.39. The molecule has 1 N–H and O–H groups in total. The Hall–Kier alpha value is -2.87. The van der Waals surface area contributed by atoms with Crippen LogP contribution in [0.25, 0.3) is 0 Å². The number of hydrogen-bond acceptors (Lipinski definition) is 1. The van der Waals surface area contributed by atoms with Crippen LogP contribution in [0.15, 0.2) is 91.0 Å². The van der Waals surface area contributed by atoms with Gasteiger partial charge in [0.1, 0.15) is 0 Å². The third kappa shape index (κ3) is 5.05. The lowest BCUT2D eigenvalue weighted by Crippen LogP contribution is -2.29. The summed E-state index contributed by atoms with van der Waals surface area (Å²) in [7, 11) is 0. The van der Waals surface area contributed by atoms with E-state index in [0.717, 1.165) is 6.42 Å². The van der Waals surface area contributed by atoms with Crippen molar-refractivity contribution in [3.63, 3.8) is 0 Å². The molecule has 0 radical (unpaired) electrons. The van der Waals surface area contributed by atoms with Crippen LogP contribution in [0.4, 0.5) is 0 Å². The summed E-state index contributed by atoms with van der Waals surface area (Å²) in [4.78, 5) is 12.3. The molecule has 0 aromatic heterocycles. The van der Waals surface area contributed by atoms with Crippen molar-refractivity contribution < 1.29 is 4.79 Å². The second-order valence-corrected chi connectivity index (χ2v) is 6.16. The maximum absolute atomic E-state index is 12.3. The van der Waals surface area contributed by atoms with E-state index in [-0.39, 0.29) is 11.8 Å². The quantitative estimate of drug-likeness (QED) is 0.676. The Morgan fingerprint density at radius 3 is 1.72 bits per heavy atom. The highest BCUT2D eigenvalue weighted by Crippen LogP contribution is 2.23. The lowest BCUT2D eigenvalue weighted by Gasteiger charge is -2.19. The van der Waals surface area contributed by atoms with Gasteiger partial charge in [-0.1, -0.05) is 91.0 Å². The number of benzene rings is 3. The molecule has 0 unspecified atom stereocenters. The lowest BCUT2D eigenvalue weighted by molar-refractivity contribution is -0.121. The Morgan fingerprint density at radius 2 is 1.20 bits per heavy atom. The van der Waals surface area contributed by atoms with E-state index in [9.17, 15) is 4.79 Å². The summed E-state index contributed by atoms with van der Waals surface area (Å²) in [6, 6.07) is 30.8. The second-order valence-electron chi connectivity index (χ2n) is 6.16. The zero-order valence-corrected chi connectivity index (χ0v) is 14.3. The van der Waals surface area contributed by atoms with E-state index in [1.165, 1.54) is 16.7 Å². The summed E-state index contributed by atoms with van der Waals surface area (Å²) in [5.74, 6) is 0.267. The van der Waals surface area contributed by atoms with Crippen LogP contribution in [0.1, 0.15) is 29.0 Å². The molecule has 2 heteroatoms. The highest BCUT2D eigenvalue weighted by molar-refractivity contribution is 5.76. The normalized spacial score (nSPS) is 10.6. The average Bonchev–Trinajstić information content (AvgIpc) is 2.69. The summed E-state index contributed by atoms with van der Waals surface area (Å²) in [5, 5.41) is 3.11. The Balaban J connectivity index is 1.62. The summed E-state index contributed by atoms with van der Waals surface area (Å²) in [5.41, 5.74) is 3.63. The van der Waals surface area contributed by atoms with Crippen LogP contribution in [0, 0.1) is 0 Å². The van der Waals surface area contributed by atoms with Crippen molar-refractivity contribution in [2.75, 3.05) is 6.54 Å². The largest absolute Gasteiger partial charge is 0.355 e. The fourth-order valence-corrected chi connectivity index (χ4v) is 3.01. The van der Waals surface area contributed by atoms with Crippen molar-refractivity contribution in [2.45, 2.75) is 18.8 Å². The summed E-state index contributed by atoms with van der Waals surface area (Å²) in [6.45, 7) is 0.613. The predicted molar refractivity (Wildman–Crippen MR) is 102 cm³/mol. The van der Waals surface area contributed by atoms with Gasteiger partial charge in [0.2, 0.25) is 5.91 Å². The van der Waals surface area contributed by atoms with E-state index < -0.39 is 0 Å². The van der Waals surface area contributed by atoms with E-state index in [1.54, 1.807) is 0 Å². The zero-order chi connectivity index (χ0) is 17.3. The van der Waals surface area contributed by atoms with E-state index in [1.807, 2.05) is 54.6 Å². The first-order valence-corrected chi connectivity index (χ1v) is 8.73. The molecule has 0 spiro atoms. The topological polar surface area (TPSA) is 29.1 Å². The van der Waals surface area contributed by atoms with Crippen molar-refractivity contribution in [2.24, 2.45) is 0 Å². The molecule has 0 atom stereocenters. The number of rotatable bonds is 7. The number of carbonyl (C=O) groups is 1. The first-order chi connectivity index (χ1) is 12.3. The number of aryl methyl sites for hydroxylation is 1. The summed E-state index contributed by atoms with van der Waals surface area (Å²) < 4.78 is 0. The molecular weight excluding hydrogens is 306 g/mol. The molecule has 3 aromatic rings. The number of carbonyl (C=O) groups excluding carboxylic acids is 1. The Labute approximate surface area is 149 Å². The van der Waals surface area contributed by atoms with Crippen molar-refractivity contribution in [1.29, 1.82) is 0 Å². The minimum atomic E-state index is 0.0979. The van der Waals surface area contributed by atoms with Gasteiger partial charge in [-0.05, 0) is 23.1 Å². The number of nitrogens with one attached hydrogen (secondary N) is 1. The van der Waals surface area contributed by atoms with Gasteiger partial charge in [0, 0.05) is 18.9 Å². The molecule has 126 valence electrons. The second kappa shape index (κ2) is 8.84. The minimum absolute atomic E-state index is 0.0979. The fraction of sp³-hybridized carbons (Fsp3) is 0.174. The van der Waals surface area contributed by atoms with E-state index in [2.05, 4.69) is 41.7 Å². The van der Waals surface area contributed by atoms with Crippen molar-refractivity contribution in [3.8, 4) is 0 Å². The lowest BCUT2D eigenvalue weighted by atomic mass is 9.91. The molecule has 0 fully saturated rings. The molecule has 1 amide bonds. The first-order valence-electron chi connectivity index (χ1n) is 8.73. The smallest absolute Gasteiger partial charge is 0.220 e. The van der Waals surface area contributed by atoms with Crippen molar-refractivity contribution in [3.05, 3.63) is 108 Å². The minimum Gasteiger partial charge on any atom is -0.355 e. The van der Waals surface area contributed by atoms with Gasteiger partial charge in [-0.2, -0.15) is 0 Å². The van der Waals surface area contributed by atoms with Gasteiger partial charge in [-0.15, -0.1) is 0 Å². The third-order valence-corrected chi connectivity index (χ3v) is 4.39. The van der Waals surface area contributed by atoms with Gasteiger partial charge in [-0.3, -0.25) is 4.79 Å². The molecule has 25 heavy (non-hydrogen) atoms. The highest BCUT2D eigenvalue weighted by Gasteiger charge is 2.14. The molecule has 3 rings (SSSR count). The zero-order valence-electron chi connectivity index (χ0n) is 14.3. The Kier molecular flexibility index (Phi) is 6.00. The molecule has 2 nitrogen and oxygen atoms in total. The predicted octanol–water partition coefficient (Wildman–Crippen LogP) is 4.57. The van der Waals surface area contributed by atoms with Crippen molar-refractivity contribution >= 4 is 5.91 Å². The van der Waals surface area contributed by atoms with Crippen LogP contribution < -0.4 is 5.32 Å². The molecule has 0 aliphatic heterocycles. The maximum atomic E-state index is 12.3. The van der Waals surface area contributed by atoms with E-state index in [4.69, 9.17) is 0 Å². The van der Waals surface area contributed by atoms with Gasteiger partial charge in [0.15, 0.2) is 0 Å². The van der Waals surface area contributed by atoms with Crippen LogP contribution in [-0.4, -0.2) is 12.5 Å².